The largest absolute Gasteiger partial charge is 0.421 e. The van der Waals surface area contributed by atoms with Gasteiger partial charge in [-0.05, 0) is 80.1 Å². The third-order valence-corrected chi connectivity index (χ3v) is 6.56. The summed E-state index contributed by atoms with van der Waals surface area (Å²) in [5.74, 6) is -1.27. The fraction of sp³-hybridized carbons (Fsp3) is 0.103. The number of benzene rings is 3. The van der Waals surface area contributed by atoms with Crippen molar-refractivity contribution in [1.29, 1.82) is 0 Å². The van der Waals surface area contributed by atoms with Crippen molar-refractivity contribution < 1.29 is 24.0 Å². The van der Waals surface area contributed by atoms with E-state index in [4.69, 9.17) is 9.47 Å². The lowest BCUT2D eigenvalue weighted by Crippen LogP contribution is -2.15. The molecule has 0 N–H and O–H groups in total. The number of nitro benzene ring substituents is 1. The van der Waals surface area contributed by atoms with E-state index < -0.39 is 16.9 Å². The molecule has 4 rings (SSSR count). The van der Waals surface area contributed by atoms with E-state index in [2.05, 4.69) is 0 Å². The molecule has 0 bridgehead atoms. The summed E-state index contributed by atoms with van der Waals surface area (Å²) in [7, 11) is 0. The van der Waals surface area contributed by atoms with Crippen molar-refractivity contribution in [2.75, 3.05) is 0 Å². The van der Waals surface area contributed by atoms with Gasteiger partial charge in [0.1, 0.15) is 5.75 Å². The van der Waals surface area contributed by atoms with Gasteiger partial charge in [0, 0.05) is 45.9 Å². The van der Waals surface area contributed by atoms with Gasteiger partial charge in [-0.2, -0.15) is 0 Å². The smallest absolute Gasteiger partial charge is 0.379 e. The third kappa shape index (κ3) is 6.37. The van der Waals surface area contributed by atoms with Gasteiger partial charge in [0.2, 0.25) is 5.76 Å². The van der Waals surface area contributed by atoms with Crippen LogP contribution in [0.3, 0.4) is 0 Å². The maximum Gasteiger partial charge on any atom is 0.379 e. The molecule has 1 heterocycles. The van der Waals surface area contributed by atoms with Crippen molar-refractivity contribution in [3.05, 3.63) is 118 Å². The lowest BCUT2D eigenvalue weighted by molar-refractivity contribution is -0.384. The Hall–Kier alpha value is -4.63. The predicted molar refractivity (Wildman–Crippen MR) is 144 cm³/mol. The number of carbonyl (C=O) groups is 2. The van der Waals surface area contributed by atoms with Crippen LogP contribution in [0.1, 0.15) is 23.9 Å². The first kappa shape index (κ1) is 26.4. The zero-order chi connectivity index (χ0) is 27.2. The minimum absolute atomic E-state index is 0.0540. The molecule has 0 aliphatic rings. The number of aromatic nitrogens is 1. The fourth-order valence-electron chi connectivity index (χ4n) is 3.84. The van der Waals surface area contributed by atoms with Crippen LogP contribution in [0.2, 0.25) is 0 Å². The van der Waals surface area contributed by atoms with E-state index in [1.165, 1.54) is 36.9 Å². The lowest BCUT2D eigenvalue weighted by atomic mass is 10.2. The summed E-state index contributed by atoms with van der Waals surface area (Å²) >= 11 is 1.50. The van der Waals surface area contributed by atoms with E-state index in [-0.39, 0.29) is 11.4 Å². The number of hydrogen-bond acceptors (Lipinski definition) is 7. The van der Waals surface area contributed by atoms with Crippen molar-refractivity contribution in [3.8, 4) is 11.4 Å². The van der Waals surface area contributed by atoms with Gasteiger partial charge in [-0.25, -0.2) is 4.79 Å². The van der Waals surface area contributed by atoms with E-state index in [1.807, 2.05) is 48.7 Å². The number of carbonyl (C=O) groups excluding carboxylic acids is 2. The number of rotatable bonds is 8. The summed E-state index contributed by atoms with van der Waals surface area (Å²) in [5, 5.41) is 10.9. The van der Waals surface area contributed by atoms with E-state index in [9.17, 15) is 19.7 Å². The van der Waals surface area contributed by atoms with E-state index >= 15 is 0 Å². The number of aryl methyl sites for hydroxylation is 1. The van der Waals surface area contributed by atoms with Crippen molar-refractivity contribution in [3.63, 3.8) is 0 Å². The number of non-ortho nitro benzene ring substituents is 1. The molecule has 0 unspecified atom stereocenters. The highest BCUT2D eigenvalue weighted by Crippen LogP contribution is 2.31. The van der Waals surface area contributed by atoms with Crippen LogP contribution in [-0.2, 0) is 14.3 Å². The molecular weight excluding hydrogens is 504 g/mol. The van der Waals surface area contributed by atoms with Gasteiger partial charge in [-0.1, -0.05) is 30.0 Å². The van der Waals surface area contributed by atoms with Gasteiger partial charge in [-0.15, -0.1) is 0 Å². The molecule has 0 spiro atoms. The summed E-state index contributed by atoms with van der Waals surface area (Å²) in [6, 6.07) is 24.7. The standard InChI is InChI=1S/C29H24N2O6S/c1-19-17-22(18-28(36-21(3)32)29(33)37-25-7-5-4-6-8-25)20(2)30(19)23-9-13-26(14-10-23)38-27-15-11-24(12-16-27)31(34)35/h4-18H,1-3H3. The highest BCUT2D eigenvalue weighted by Gasteiger charge is 2.19. The molecule has 0 aliphatic carbocycles. The molecular formula is C29H24N2O6S. The lowest BCUT2D eigenvalue weighted by Gasteiger charge is -2.11. The number of nitrogens with zero attached hydrogens (tertiary/aromatic N) is 2. The number of esters is 2. The molecule has 9 heteroatoms. The summed E-state index contributed by atoms with van der Waals surface area (Å²) in [6.45, 7) is 5.08. The second-order valence-corrected chi connectivity index (χ2v) is 9.46. The molecule has 4 aromatic rings. The normalized spacial score (nSPS) is 11.2. The fourth-order valence-corrected chi connectivity index (χ4v) is 4.65. The molecule has 0 atom stereocenters. The Bertz CT molecular complexity index is 1510. The number of para-hydroxylation sites is 1. The van der Waals surface area contributed by atoms with E-state index in [0.717, 1.165) is 26.9 Å². The maximum absolute atomic E-state index is 12.8. The molecule has 0 aliphatic heterocycles. The van der Waals surface area contributed by atoms with Gasteiger partial charge < -0.3 is 14.0 Å². The van der Waals surface area contributed by atoms with E-state index in [0.29, 0.717) is 11.3 Å². The highest BCUT2D eigenvalue weighted by atomic mass is 32.2. The Labute approximate surface area is 223 Å². The Morgan fingerprint density at radius 3 is 2.11 bits per heavy atom. The Morgan fingerprint density at radius 1 is 0.921 bits per heavy atom. The van der Waals surface area contributed by atoms with Crippen LogP contribution in [-0.4, -0.2) is 21.4 Å². The van der Waals surface area contributed by atoms with Crippen molar-refractivity contribution in [2.45, 2.75) is 30.6 Å². The molecule has 8 nitrogen and oxygen atoms in total. The molecule has 38 heavy (non-hydrogen) atoms. The van der Waals surface area contributed by atoms with E-state index in [1.54, 1.807) is 42.5 Å². The molecule has 0 saturated heterocycles. The minimum atomic E-state index is -0.774. The van der Waals surface area contributed by atoms with Crippen LogP contribution >= 0.6 is 11.8 Å². The van der Waals surface area contributed by atoms with Gasteiger partial charge in [0.05, 0.1) is 4.92 Å². The maximum atomic E-state index is 12.8. The van der Waals surface area contributed by atoms with Crippen LogP contribution in [0.5, 0.6) is 5.75 Å². The first-order valence-electron chi connectivity index (χ1n) is 11.6. The topological polar surface area (TPSA) is 101 Å². The summed E-state index contributed by atoms with van der Waals surface area (Å²) in [6.07, 6.45) is 1.50. The average Bonchev–Trinajstić information content (AvgIpc) is 3.17. The van der Waals surface area contributed by atoms with Crippen LogP contribution in [0.15, 0.2) is 100 Å². The van der Waals surface area contributed by atoms with Gasteiger partial charge in [-0.3, -0.25) is 14.9 Å². The predicted octanol–water partition coefficient (Wildman–Crippen LogP) is 6.66. The Kier molecular flexibility index (Phi) is 8.08. The first-order valence-corrected chi connectivity index (χ1v) is 12.4. The molecule has 192 valence electrons. The van der Waals surface area contributed by atoms with Crippen LogP contribution < -0.4 is 4.74 Å². The SMILES string of the molecule is CC(=O)OC(=Cc1cc(C)n(-c2ccc(Sc3ccc([N+](=O)[O-])cc3)cc2)c1C)C(=O)Oc1ccccc1. The quantitative estimate of drug-likeness (QED) is 0.0629. The Morgan fingerprint density at radius 2 is 1.53 bits per heavy atom. The van der Waals surface area contributed by atoms with Crippen LogP contribution in [0.25, 0.3) is 11.8 Å². The second-order valence-electron chi connectivity index (χ2n) is 8.31. The molecule has 1 aromatic heterocycles. The van der Waals surface area contributed by atoms with Crippen molar-refractivity contribution in [1.82, 2.24) is 4.57 Å². The summed E-state index contributed by atoms with van der Waals surface area (Å²) < 4.78 is 12.6. The molecule has 0 fully saturated rings. The molecule has 0 amide bonds. The van der Waals surface area contributed by atoms with Gasteiger partial charge in [0.25, 0.3) is 5.69 Å². The average molecular weight is 529 g/mol. The summed E-state index contributed by atoms with van der Waals surface area (Å²) in [4.78, 5) is 36.7. The van der Waals surface area contributed by atoms with Crippen molar-refractivity contribution >= 4 is 35.5 Å². The first-order chi connectivity index (χ1) is 18.2. The second kappa shape index (κ2) is 11.6. The molecule has 0 saturated carbocycles. The summed E-state index contributed by atoms with van der Waals surface area (Å²) in [5.41, 5.74) is 3.43. The highest BCUT2D eigenvalue weighted by molar-refractivity contribution is 7.99. The van der Waals surface area contributed by atoms with Crippen molar-refractivity contribution in [2.24, 2.45) is 0 Å². The Balaban J connectivity index is 1.57. The number of nitro groups is 1. The number of ether oxygens (including phenoxy) is 2. The number of hydrogen-bond donors (Lipinski definition) is 0. The monoisotopic (exact) mass is 528 g/mol. The zero-order valence-electron chi connectivity index (χ0n) is 20.9. The molecule has 3 aromatic carbocycles. The van der Waals surface area contributed by atoms with Crippen LogP contribution in [0.4, 0.5) is 5.69 Å². The van der Waals surface area contributed by atoms with Crippen LogP contribution in [0, 0.1) is 24.0 Å². The molecule has 0 radical (unpaired) electrons. The van der Waals surface area contributed by atoms with Gasteiger partial charge >= 0.3 is 11.9 Å². The zero-order valence-corrected chi connectivity index (χ0v) is 21.7. The third-order valence-electron chi connectivity index (χ3n) is 5.54. The van der Waals surface area contributed by atoms with Gasteiger partial charge in [0.15, 0.2) is 0 Å². The minimum Gasteiger partial charge on any atom is -0.421 e.